The number of fused-ring (bicyclic) bond motifs is 2. The molecule has 3 heterocycles. The van der Waals surface area contributed by atoms with Crippen LogP contribution in [0, 0.1) is 0 Å². The average Bonchev–Trinajstić information content (AvgIpc) is 3.32. The maximum Gasteiger partial charge on any atom is 0.251 e. The summed E-state index contributed by atoms with van der Waals surface area (Å²) in [6.07, 6.45) is 3.39. The Bertz CT molecular complexity index is 823. The van der Waals surface area contributed by atoms with Crippen LogP contribution in [0.4, 0.5) is 5.13 Å². The number of carbonyl (C=O) groups excluding carboxylic acids is 2. The van der Waals surface area contributed by atoms with Crippen LogP contribution in [-0.2, 0) is 4.79 Å². The van der Waals surface area contributed by atoms with Gasteiger partial charge in [-0.05, 0) is 43.5 Å². The highest BCUT2D eigenvalue weighted by Gasteiger charge is 2.39. The molecule has 2 fully saturated rings. The molecule has 7 nitrogen and oxygen atoms in total. The first kappa shape index (κ1) is 17.4. The van der Waals surface area contributed by atoms with E-state index >= 15 is 0 Å². The van der Waals surface area contributed by atoms with Crippen LogP contribution in [0.5, 0.6) is 0 Å². The highest BCUT2D eigenvalue weighted by molar-refractivity contribution is 8.01. The van der Waals surface area contributed by atoms with Crippen LogP contribution in [-0.4, -0.2) is 40.1 Å². The molecular formula is C17H19N5O2S2. The van der Waals surface area contributed by atoms with E-state index in [2.05, 4.69) is 26.1 Å². The summed E-state index contributed by atoms with van der Waals surface area (Å²) in [6, 6.07) is 8.69. The number of hydrogen-bond acceptors (Lipinski definition) is 7. The lowest BCUT2D eigenvalue weighted by molar-refractivity contribution is -0.114. The van der Waals surface area contributed by atoms with Gasteiger partial charge in [0.05, 0.1) is 0 Å². The first-order valence-electron chi connectivity index (χ1n) is 8.53. The zero-order valence-corrected chi connectivity index (χ0v) is 15.8. The Morgan fingerprint density at radius 3 is 2.69 bits per heavy atom. The standard InChI is InChI=1S/C17H19N5O2S2/c1-9(23)18-16-21-22-17(26-16)25-12-5-2-10(3-6-12)15(24)20-14-8-11-4-7-13(14)19-11/h2-3,5-6,11,13-14,19H,4,7-8H2,1H3,(H,20,24)(H,18,21,23). The second-order valence-corrected chi connectivity index (χ2v) is 8.84. The average molecular weight is 390 g/mol. The number of carbonyl (C=O) groups is 2. The summed E-state index contributed by atoms with van der Waals surface area (Å²) in [5.74, 6) is -0.191. The van der Waals surface area contributed by atoms with E-state index in [1.807, 2.05) is 24.3 Å². The maximum atomic E-state index is 12.4. The Kier molecular flexibility index (Phi) is 4.92. The first-order valence-corrected chi connectivity index (χ1v) is 10.2. The zero-order valence-electron chi connectivity index (χ0n) is 14.2. The van der Waals surface area contributed by atoms with Gasteiger partial charge in [-0.2, -0.15) is 0 Å². The quantitative estimate of drug-likeness (QED) is 0.679. The van der Waals surface area contributed by atoms with Crippen molar-refractivity contribution in [2.45, 2.75) is 53.5 Å². The van der Waals surface area contributed by atoms with Crippen molar-refractivity contribution in [2.75, 3.05) is 5.32 Å². The topological polar surface area (TPSA) is 96.0 Å². The number of rotatable bonds is 5. The molecule has 0 aliphatic carbocycles. The Morgan fingerprint density at radius 1 is 1.23 bits per heavy atom. The van der Waals surface area contributed by atoms with Gasteiger partial charge in [0.25, 0.3) is 5.91 Å². The molecule has 4 rings (SSSR count). The van der Waals surface area contributed by atoms with E-state index in [1.165, 1.54) is 36.4 Å². The van der Waals surface area contributed by atoms with Gasteiger partial charge < -0.3 is 16.0 Å². The second-order valence-electron chi connectivity index (χ2n) is 6.54. The van der Waals surface area contributed by atoms with Crippen molar-refractivity contribution in [3.8, 4) is 0 Å². The van der Waals surface area contributed by atoms with E-state index in [0.717, 1.165) is 22.1 Å². The van der Waals surface area contributed by atoms with Crippen molar-refractivity contribution in [1.82, 2.24) is 20.8 Å². The lowest BCUT2D eigenvalue weighted by Crippen LogP contribution is -2.42. The summed E-state index contributed by atoms with van der Waals surface area (Å²) in [5.41, 5.74) is 0.660. The smallest absolute Gasteiger partial charge is 0.251 e. The van der Waals surface area contributed by atoms with Crippen molar-refractivity contribution in [1.29, 1.82) is 0 Å². The number of amides is 2. The monoisotopic (exact) mass is 389 g/mol. The predicted molar refractivity (Wildman–Crippen MR) is 101 cm³/mol. The van der Waals surface area contributed by atoms with Crippen LogP contribution in [0.25, 0.3) is 0 Å². The van der Waals surface area contributed by atoms with Crippen molar-refractivity contribution >= 4 is 40.0 Å². The third-order valence-corrected chi connectivity index (χ3v) is 6.53. The maximum absolute atomic E-state index is 12.4. The van der Waals surface area contributed by atoms with Crippen LogP contribution < -0.4 is 16.0 Å². The van der Waals surface area contributed by atoms with E-state index in [0.29, 0.717) is 22.8 Å². The molecule has 1 aromatic heterocycles. The molecule has 136 valence electrons. The Balaban J connectivity index is 1.35. The summed E-state index contributed by atoms with van der Waals surface area (Å²) in [7, 11) is 0. The van der Waals surface area contributed by atoms with E-state index in [1.54, 1.807) is 0 Å². The first-order chi connectivity index (χ1) is 12.6. The number of benzene rings is 1. The molecule has 26 heavy (non-hydrogen) atoms. The molecule has 2 saturated heterocycles. The molecule has 0 radical (unpaired) electrons. The van der Waals surface area contributed by atoms with Gasteiger partial charge in [-0.15, -0.1) is 10.2 Å². The molecule has 0 saturated carbocycles. The van der Waals surface area contributed by atoms with Gasteiger partial charge in [0, 0.05) is 35.5 Å². The van der Waals surface area contributed by atoms with E-state index in [4.69, 9.17) is 0 Å². The predicted octanol–water partition coefficient (Wildman–Crippen LogP) is 2.27. The summed E-state index contributed by atoms with van der Waals surface area (Å²) in [5, 5.41) is 17.7. The molecule has 3 N–H and O–H groups in total. The Morgan fingerprint density at radius 2 is 2.04 bits per heavy atom. The van der Waals surface area contributed by atoms with Crippen LogP contribution in [0.2, 0.25) is 0 Å². The minimum atomic E-state index is -0.168. The van der Waals surface area contributed by atoms with E-state index < -0.39 is 0 Å². The Labute approximate surface area is 159 Å². The second kappa shape index (κ2) is 7.34. The van der Waals surface area contributed by atoms with Gasteiger partial charge >= 0.3 is 0 Å². The van der Waals surface area contributed by atoms with Crippen molar-refractivity contribution in [3.63, 3.8) is 0 Å². The number of hydrogen-bond donors (Lipinski definition) is 3. The molecule has 2 bridgehead atoms. The lowest BCUT2D eigenvalue weighted by Gasteiger charge is -2.21. The summed E-state index contributed by atoms with van der Waals surface area (Å²) < 4.78 is 0.735. The van der Waals surface area contributed by atoms with Crippen LogP contribution in [0.15, 0.2) is 33.5 Å². The van der Waals surface area contributed by atoms with Gasteiger partial charge in [0.15, 0.2) is 4.34 Å². The fraction of sp³-hybridized carbons (Fsp3) is 0.412. The van der Waals surface area contributed by atoms with Gasteiger partial charge in [0.1, 0.15) is 0 Å². The van der Waals surface area contributed by atoms with Gasteiger partial charge in [0.2, 0.25) is 11.0 Å². The minimum absolute atomic E-state index is 0.0234. The molecular weight excluding hydrogens is 370 g/mol. The number of nitrogens with one attached hydrogen (secondary N) is 3. The lowest BCUT2D eigenvalue weighted by atomic mass is 9.95. The fourth-order valence-corrected chi connectivity index (χ4v) is 5.23. The van der Waals surface area contributed by atoms with Crippen LogP contribution in [0.3, 0.4) is 0 Å². The normalized spacial score (nSPS) is 23.8. The van der Waals surface area contributed by atoms with E-state index in [9.17, 15) is 9.59 Å². The van der Waals surface area contributed by atoms with Crippen molar-refractivity contribution in [3.05, 3.63) is 29.8 Å². The SMILES string of the molecule is CC(=O)Nc1nnc(Sc2ccc(C(=O)NC3CC4CCC3N4)cc2)s1. The molecule has 1 aromatic carbocycles. The highest BCUT2D eigenvalue weighted by atomic mass is 32.2. The third-order valence-electron chi connectivity index (χ3n) is 4.63. The molecule has 2 aliphatic rings. The van der Waals surface area contributed by atoms with E-state index in [-0.39, 0.29) is 17.9 Å². The largest absolute Gasteiger partial charge is 0.348 e. The van der Waals surface area contributed by atoms with Crippen LogP contribution >= 0.6 is 23.1 Å². The van der Waals surface area contributed by atoms with Crippen molar-refractivity contribution in [2.24, 2.45) is 0 Å². The van der Waals surface area contributed by atoms with Gasteiger partial charge in [-0.1, -0.05) is 23.1 Å². The minimum Gasteiger partial charge on any atom is -0.348 e. The highest BCUT2D eigenvalue weighted by Crippen LogP contribution is 2.32. The molecule has 2 aliphatic heterocycles. The molecule has 0 spiro atoms. The zero-order chi connectivity index (χ0) is 18.1. The number of nitrogens with zero attached hydrogens (tertiary/aromatic N) is 2. The Hall–Kier alpha value is -1.97. The van der Waals surface area contributed by atoms with Gasteiger partial charge in [-0.25, -0.2) is 0 Å². The molecule has 3 unspecified atom stereocenters. The summed E-state index contributed by atoms with van der Waals surface area (Å²) >= 11 is 2.77. The summed E-state index contributed by atoms with van der Waals surface area (Å²) in [4.78, 5) is 24.4. The summed E-state index contributed by atoms with van der Waals surface area (Å²) in [6.45, 7) is 1.44. The van der Waals surface area contributed by atoms with Crippen LogP contribution in [0.1, 0.15) is 36.5 Å². The molecule has 2 amide bonds. The van der Waals surface area contributed by atoms with Crippen molar-refractivity contribution < 1.29 is 9.59 Å². The number of anilines is 1. The fourth-order valence-electron chi connectivity index (χ4n) is 3.46. The third kappa shape index (κ3) is 3.89. The van der Waals surface area contributed by atoms with Gasteiger partial charge in [-0.3, -0.25) is 9.59 Å². The molecule has 2 aromatic rings. The number of aromatic nitrogens is 2. The molecule has 3 atom stereocenters. The molecule has 9 heteroatoms.